The fraction of sp³-hybridized carbons (Fsp3) is 0.375. The molecule has 0 radical (unpaired) electrons. The van der Waals surface area contributed by atoms with Crippen molar-refractivity contribution in [3.05, 3.63) is 21.9 Å². The van der Waals surface area contributed by atoms with Crippen LogP contribution in [0.4, 0.5) is 0 Å². The normalized spacial score (nSPS) is 10.1. The average molecular weight is 205 g/mol. The van der Waals surface area contributed by atoms with E-state index in [0.717, 1.165) is 9.75 Å². The Morgan fingerprint density at radius 3 is 2.67 bits per heavy atom. The van der Waals surface area contributed by atoms with Crippen molar-refractivity contribution >= 4 is 28.9 Å². The highest BCUT2D eigenvalue weighted by molar-refractivity contribution is 7.12. The minimum absolute atomic E-state index is 0.197. The molecule has 0 saturated heterocycles. The summed E-state index contributed by atoms with van der Waals surface area (Å²) in [5.74, 6) is -0.242. The number of carbonyl (C=O) groups is 1. The number of carboxylic acid groups (broad SMARTS) is 1. The van der Waals surface area contributed by atoms with Crippen LogP contribution in [0.25, 0.3) is 0 Å². The van der Waals surface area contributed by atoms with Gasteiger partial charge >= 0.3 is 5.97 Å². The van der Waals surface area contributed by atoms with E-state index in [2.05, 4.69) is 0 Å². The van der Waals surface area contributed by atoms with E-state index >= 15 is 0 Å². The van der Waals surface area contributed by atoms with Gasteiger partial charge in [-0.1, -0.05) is 0 Å². The molecule has 66 valence electrons. The Morgan fingerprint density at radius 1 is 1.50 bits per heavy atom. The first kappa shape index (κ1) is 9.55. The van der Waals surface area contributed by atoms with Crippen molar-refractivity contribution in [1.29, 1.82) is 0 Å². The number of aryl methyl sites for hydroxylation is 1. The van der Waals surface area contributed by atoms with Crippen molar-refractivity contribution in [3.63, 3.8) is 0 Å². The first-order valence-corrected chi connectivity index (χ1v) is 4.93. The minimum Gasteiger partial charge on any atom is -0.481 e. The van der Waals surface area contributed by atoms with Gasteiger partial charge in [-0.25, -0.2) is 0 Å². The highest BCUT2D eigenvalue weighted by Gasteiger charge is 2.01. The van der Waals surface area contributed by atoms with Crippen molar-refractivity contribution in [3.8, 4) is 0 Å². The largest absolute Gasteiger partial charge is 0.481 e. The van der Waals surface area contributed by atoms with Crippen LogP contribution < -0.4 is 0 Å². The molecule has 0 unspecified atom stereocenters. The molecule has 0 atom stereocenters. The van der Waals surface area contributed by atoms with Gasteiger partial charge in [0.1, 0.15) is 0 Å². The third-order valence-corrected chi connectivity index (χ3v) is 3.03. The number of carboxylic acids is 1. The van der Waals surface area contributed by atoms with Crippen molar-refractivity contribution in [2.24, 2.45) is 0 Å². The SMILES string of the molecule is O=C(O)CCc1ccc(CCl)s1. The Hall–Kier alpha value is -0.540. The first-order valence-electron chi connectivity index (χ1n) is 3.57. The fourth-order valence-electron chi connectivity index (χ4n) is 0.859. The van der Waals surface area contributed by atoms with Crippen LogP contribution in [0.2, 0.25) is 0 Å². The fourth-order valence-corrected chi connectivity index (χ4v) is 1.98. The van der Waals surface area contributed by atoms with Gasteiger partial charge in [-0.15, -0.1) is 22.9 Å². The van der Waals surface area contributed by atoms with E-state index in [9.17, 15) is 4.79 Å². The molecule has 1 N–H and O–H groups in total. The Kier molecular flexibility index (Phi) is 3.56. The summed E-state index contributed by atoms with van der Waals surface area (Å²) in [7, 11) is 0. The number of rotatable bonds is 4. The first-order chi connectivity index (χ1) is 5.72. The Balaban J connectivity index is 2.47. The lowest BCUT2D eigenvalue weighted by Crippen LogP contribution is -1.95. The minimum atomic E-state index is -0.754. The van der Waals surface area contributed by atoms with E-state index in [1.807, 2.05) is 12.1 Å². The highest BCUT2D eigenvalue weighted by atomic mass is 35.5. The molecule has 2 nitrogen and oxygen atoms in total. The third-order valence-electron chi connectivity index (χ3n) is 1.43. The van der Waals surface area contributed by atoms with Gasteiger partial charge in [-0.2, -0.15) is 0 Å². The third kappa shape index (κ3) is 2.83. The lowest BCUT2D eigenvalue weighted by Gasteiger charge is -1.90. The second-order valence-electron chi connectivity index (χ2n) is 2.40. The van der Waals surface area contributed by atoms with Crippen molar-refractivity contribution in [2.75, 3.05) is 0 Å². The van der Waals surface area contributed by atoms with E-state index in [0.29, 0.717) is 12.3 Å². The van der Waals surface area contributed by atoms with Gasteiger partial charge in [0, 0.05) is 9.75 Å². The van der Waals surface area contributed by atoms with E-state index in [-0.39, 0.29) is 6.42 Å². The van der Waals surface area contributed by atoms with Gasteiger partial charge in [-0.3, -0.25) is 4.79 Å². The van der Waals surface area contributed by atoms with Crippen LogP contribution in [0.1, 0.15) is 16.2 Å². The van der Waals surface area contributed by atoms with Crippen LogP contribution in [-0.2, 0) is 17.1 Å². The molecule has 4 heteroatoms. The summed E-state index contributed by atoms with van der Waals surface area (Å²) in [6.45, 7) is 0. The molecule has 1 heterocycles. The number of halogens is 1. The number of hydrogen-bond donors (Lipinski definition) is 1. The monoisotopic (exact) mass is 204 g/mol. The zero-order chi connectivity index (χ0) is 8.97. The van der Waals surface area contributed by atoms with Crippen molar-refractivity contribution in [2.45, 2.75) is 18.7 Å². The molecule has 0 aromatic carbocycles. The smallest absolute Gasteiger partial charge is 0.303 e. The maximum absolute atomic E-state index is 10.2. The lowest BCUT2D eigenvalue weighted by molar-refractivity contribution is -0.136. The van der Waals surface area contributed by atoms with Crippen LogP contribution in [0.15, 0.2) is 12.1 Å². The summed E-state index contributed by atoms with van der Waals surface area (Å²) in [5.41, 5.74) is 0. The van der Waals surface area contributed by atoms with E-state index in [4.69, 9.17) is 16.7 Å². The topological polar surface area (TPSA) is 37.3 Å². The average Bonchev–Trinajstić information content (AvgIpc) is 2.48. The number of thiophene rings is 1. The van der Waals surface area contributed by atoms with Gasteiger partial charge in [-0.05, 0) is 18.6 Å². The molecular weight excluding hydrogens is 196 g/mol. The summed E-state index contributed by atoms with van der Waals surface area (Å²) in [6.07, 6.45) is 0.805. The van der Waals surface area contributed by atoms with Gasteiger partial charge in [0.15, 0.2) is 0 Å². The van der Waals surface area contributed by atoms with Gasteiger partial charge in [0.2, 0.25) is 0 Å². The predicted octanol–water partition coefficient (Wildman–Crippen LogP) is 2.50. The van der Waals surface area contributed by atoms with E-state index < -0.39 is 5.97 Å². The zero-order valence-electron chi connectivity index (χ0n) is 6.42. The highest BCUT2D eigenvalue weighted by Crippen LogP contribution is 2.19. The predicted molar refractivity (Wildman–Crippen MR) is 49.8 cm³/mol. The van der Waals surface area contributed by atoms with Gasteiger partial charge in [0.05, 0.1) is 12.3 Å². The molecule has 1 rings (SSSR count). The second-order valence-corrected chi connectivity index (χ2v) is 3.92. The van der Waals surface area contributed by atoms with Crippen LogP contribution in [0.5, 0.6) is 0 Å². The second kappa shape index (κ2) is 4.48. The molecule has 0 aliphatic carbocycles. The molecular formula is C8H9ClO2S. The maximum atomic E-state index is 10.2. The standard InChI is InChI=1S/C8H9ClO2S/c9-5-7-2-1-6(12-7)3-4-8(10)11/h1-2H,3-5H2,(H,10,11). The van der Waals surface area contributed by atoms with E-state index in [1.165, 1.54) is 0 Å². The number of hydrogen-bond acceptors (Lipinski definition) is 2. The quantitative estimate of drug-likeness (QED) is 0.766. The molecule has 0 bridgehead atoms. The van der Waals surface area contributed by atoms with Crippen LogP contribution in [-0.4, -0.2) is 11.1 Å². The van der Waals surface area contributed by atoms with Crippen molar-refractivity contribution in [1.82, 2.24) is 0 Å². The molecule has 1 aromatic rings. The zero-order valence-corrected chi connectivity index (χ0v) is 7.99. The number of aliphatic carboxylic acids is 1. The molecule has 12 heavy (non-hydrogen) atoms. The van der Waals surface area contributed by atoms with Crippen LogP contribution in [0.3, 0.4) is 0 Å². The van der Waals surface area contributed by atoms with Crippen LogP contribution >= 0.6 is 22.9 Å². The summed E-state index contributed by atoms with van der Waals surface area (Å²) >= 11 is 7.18. The molecule has 1 aromatic heterocycles. The van der Waals surface area contributed by atoms with Crippen molar-refractivity contribution < 1.29 is 9.90 Å². The summed E-state index contributed by atoms with van der Waals surface area (Å²) in [6, 6.07) is 3.88. The molecule has 0 saturated carbocycles. The summed E-state index contributed by atoms with van der Waals surface area (Å²) in [4.78, 5) is 12.4. The maximum Gasteiger partial charge on any atom is 0.303 e. The Labute approximate surface area is 79.8 Å². The lowest BCUT2D eigenvalue weighted by atomic mass is 10.3. The molecule has 0 fully saturated rings. The van der Waals surface area contributed by atoms with E-state index in [1.54, 1.807) is 11.3 Å². The molecule has 0 aliphatic rings. The molecule has 0 spiro atoms. The summed E-state index contributed by atoms with van der Waals surface area (Å²) in [5, 5.41) is 8.42. The van der Waals surface area contributed by atoms with Gasteiger partial charge < -0.3 is 5.11 Å². The Morgan fingerprint density at radius 2 is 2.17 bits per heavy atom. The molecule has 0 aliphatic heterocycles. The van der Waals surface area contributed by atoms with Gasteiger partial charge in [0.25, 0.3) is 0 Å². The molecule has 0 amide bonds. The number of alkyl halides is 1. The summed E-state index contributed by atoms with van der Waals surface area (Å²) < 4.78 is 0. The Bertz CT molecular complexity index is 270. The van der Waals surface area contributed by atoms with Crippen LogP contribution in [0, 0.1) is 0 Å².